The van der Waals surface area contributed by atoms with Crippen LogP contribution in [-0.4, -0.2) is 19.5 Å². The molecule has 0 atom stereocenters. The molecule has 0 unspecified atom stereocenters. The van der Waals surface area contributed by atoms with E-state index in [1.807, 2.05) is 42.5 Å². The summed E-state index contributed by atoms with van der Waals surface area (Å²) < 4.78 is 2.17. The molecule has 2 aromatic carbocycles. The fourth-order valence-electron chi connectivity index (χ4n) is 3.85. The number of pyridine rings is 2. The third-order valence-electron chi connectivity index (χ3n) is 5.48. The molecule has 0 N–H and O–H groups in total. The first-order valence-corrected chi connectivity index (χ1v) is 11.0. The second-order valence-electron chi connectivity index (χ2n) is 7.63. The molecule has 3 heterocycles. The molecule has 0 radical (unpaired) electrons. The minimum absolute atomic E-state index is 0.380. The summed E-state index contributed by atoms with van der Waals surface area (Å²) in [6.07, 6.45) is 5.86. The zero-order valence-electron chi connectivity index (χ0n) is 17.4. The van der Waals surface area contributed by atoms with Gasteiger partial charge in [-0.05, 0) is 76.9 Å². The fraction of sp³-hybridized carbons (Fsp3) is 0.0769. The summed E-state index contributed by atoms with van der Waals surface area (Å²) in [5, 5.41) is 10.5. The van der Waals surface area contributed by atoms with Crippen LogP contribution in [0.3, 0.4) is 0 Å². The second kappa shape index (κ2) is 9.03. The SMILES string of the molecule is N#Cc1cc(-c2ccc3nc(Cc4ccncc4)n(Cc4cc(Cl)ccc4Cl)c3c2)ccn1. The van der Waals surface area contributed by atoms with Crippen LogP contribution in [0.5, 0.6) is 0 Å². The Kier molecular flexibility index (Phi) is 5.78. The highest BCUT2D eigenvalue weighted by Crippen LogP contribution is 2.29. The van der Waals surface area contributed by atoms with E-state index in [0.717, 1.165) is 39.1 Å². The summed E-state index contributed by atoms with van der Waals surface area (Å²) in [6.45, 7) is 0.527. The molecule has 0 fully saturated rings. The van der Waals surface area contributed by atoms with Gasteiger partial charge in [-0.25, -0.2) is 9.97 Å². The Morgan fingerprint density at radius 2 is 1.70 bits per heavy atom. The van der Waals surface area contributed by atoms with Gasteiger partial charge >= 0.3 is 0 Å². The van der Waals surface area contributed by atoms with E-state index in [4.69, 9.17) is 28.2 Å². The minimum atomic E-state index is 0.380. The van der Waals surface area contributed by atoms with Crippen molar-refractivity contribution in [1.82, 2.24) is 19.5 Å². The number of fused-ring (bicyclic) bond motifs is 1. The van der Waals surface area contributed by atoms with E-state index in [2.05, 4.69) is 26.7 Å². The smallest absolute Gasteiger partial charge is 0.141 e. The first-order valence-electron chi connectivity index (χ1n) is 10.3. The van der Waals surface area contributed by atoms with Gasteiger partial charge in [0.1, 0.15) is 17.6 Å². The van der Waals surface area contributed by atoms with Crippen molar-refractivity contribution in [3.05, 3.63) is 112 Å². The molecule has 0 saturated heterocycles. The largest absolute Gasteiger partial charge is 0.323 e. The van der Waals surface area contributed by atoms with Crippen LogP contribution >= 0.6 is 23.2 Å². The Morgan fingerprint density at radius 1 is 0.879 bits per heavy atom. The van der Waals surface area contributed by atoms with Gasteiger partial charge in [-0.15, -0.1) is 0 Å². The van der Waals surface area contributed by atoms with Gasteiger partial charge in [0.05, 0.1) is 17.6 Å². The van der Waals surface area contributed by atoms with E-state index < -0.39 is 0 Å². The van der Waals surface area contributed by atoms with Crippen LogP contribution in [0.4, 0.5) is 0 Å². The van der Waals surface area contributed by atoms with Gasteiger partial charge in [-0.3, -0.25) is 4.98 Å². The van der Waals surface area contributed by atoms with Gasteiger partial charge in [0.25, 0.3) is 0 Å². The van der Waals surface area contributed by atoms with Gasteiger partial charge in [0.2, 0.25) is 0 Å². The van der Waals surface area contributed by atoms with Crippen LogP contribution < -0.4 is 0 Å². The highest BCUT2D eigenvalue weighted by atomic mass is 35.5. The highest BCUT2D eigenvalue weighted by molar-refractivity contribution is 6.33. The monoisotopic (exact) mass is 469 g/mol. The maximum Gasteiger partial charge on any atom is 0.141 e. The number of rotatable bonds is 5. The standard InChI is InChI=1S/C26H17Cl2N5/c27-21-2-3-23(28)20(12-21)16-33-25-14-18(19-7-10-31-22(13-19)15-29)1-4-24(25)32-26(33)11-17-5-8-30-9-6-17/h1-10,12-14H,11,16H2. The van der Waals surface area contributed by atoms with Crippen molar-refractivity contribution in [2.75, 3.05) is 0 Å². The average molecular weight is 470 g/mol. The Labute approximate surface area is 200 Å². The first kappa shape index (κ1) is 21.1. The maximum atomic E-state index is 9.23. The number of halogens is 2. The van der Waals surface area contributed by atoms with Crippen molar-refractivity contribution >= 4 is 34.2 Å². The molecule has 5 nitrogen and oxygen atoms in total. The molecule has 0 spiro atoms. The molecule has 0 aliphatic rings. The lowest BCUT2D eigenvalue weighted by Gasteiger charge is -2.12. The van der Waals surface area contributed by atoms with Crippen molar-refractivity contribution in [2.24, 2.45) is 0 Å². The fourth-order valence-corrected chi connectivity index (χ4v) is 4.22. The van der Waals surface area contributed by atoms with E-state index in [1.165, 1.54) is 0 Å². The van der Waals surface area contributed by atoms with Crippen LogP contribution in [0.15, 0.2) is 79.3 Å². The first-order chi connectivity index (χ1) is 16.1. The van der Waals surface area contributed by atoms with E-state index in [9.17, 15) is 5.26 Å². The number of nitrogens with zero attached hydrogens (tertiary/aromatic N) is 5. The van der Waals surface area contributed by atoms with Gasteiger partial charge < -0.3 is 4.57 Å². The summed E-state index contributed by atoms with van der Waals surface area (Å²) >= 11 is 12.8. The van der Waals surface area contributed by atoms with Gasteiger partial charge in [-0.2, -0.15) is 5.26 Å². The van der Waals surface area contributed by atoms with Crippen LogP contribution in [0, 0.1) is 11.3 Å². The predicted molar refractivity (Wildman–Crippen MR) is 130 cm³/mol. The van der Waals surface area contributed by atoms with Gasteiger partial charge in [-0.1, -0.05) is 29.3 Å². The zero-order chi connectivity index (χ0) is 22.8. The van der Waals surface area contributed by atoms with Crippen molar-refractivity contribution < 1.29 is 0 Å². The maximum absolute atomic E-state index is 9.23. The zero-order valence-corrected chi connectivity index (χ0v) is 18.9. The molecule has 0 bridgehead atoms. The lowest BCUT2D eigenvalue weighted by Crippen LogP contribution is -2.06. The molecular formula is C26H17Cl2N5. The molecule has 33 heavy (non-hydrogen) atoms. The van der Waals surface area contributed by atoms with E-state index in [1.54, 1.807) is 30.7 Å². The van der Waals surface area contributed by atoms with E-state index in [-0.39, 0.29) is 0 Å². The molecule has 5 aromatic rings. The lowest BCUT2D eigenvalue weighted by molar-refractivity contribution is 0.762. The third kappa shape index (κ3) is 4.45. The molecule has 160 valence electrons. The average Bonchev–Trinajstić information content (AvgIpc) is 3.18. The number of aromatic nitrogens is 4. The molecular weight excluding hydrogens is 453 g/mol. The number of nitriles is 1. The van der Waals surface area contributed by atoms with Crippen LogP contribution in [0.2, 0.25) is 10.0 Å². The van der Waals surface area contributed by atoms with Crippen molar-refractivity contribution in [3.63, 3.8) is 0 Å². The molecule has 3 aromatic heterocycles. The summed E-state index contributed by atoms with van der Waals surface area (Å²) in [7, 11) is 0. The molecule has 0 aliphatic carbocycles. The summed E-state index contributed by atoms with van der Waals surface area (Å²) in [4.78, 5) is 13.1. The van der Waals surface area contributed by atoms with Crippen molar-refractivity contribution in [1.29, 1.82) is 5.26 Å². The Balaban J connectivity index is 1.66. The normalized spacial score (nSPS) is 10.9. The summed E-state index contributed by atoms with van der Waals surface area (Å²) in [5.41, 5.74) is 6.18. The number of benzene rings is 2. The van der Waals surface area contributed by atoms with E-state index in [0.29, 0.717) is 28.7 Å². The predicted octanol–water partition coefficient (Wildman–Crippen LogP) is 6.31. The highest BCUT2D eigenvalue weighted by Gasteiger charge is 2.15. The lowest BCUT2D eigenvalue weighted by atomic mass is 10.1. The van der Waals surface area contributed by atoms with Gasteiger partial charge in [0.15, 0.2) is 0 Å². The molecule has 7 heteroatoms. The summed E-state index contributed by atoms with van der Waals surface area (Å²) in [6, 6.07) is 21.3. The number of imidazole rings is 1. The molecule has 0 amide bonds. The Hall–Kier alpha value is -3.72. The van der Waals surface area contributed by atoms with Crippen LogP contribution in [-0.2, 0) is 13.0 Å². The summed E-state index contributed by atoms with van der Waals surface area (Å²) in [5.74, 6) is 0.914. The quantitative estimate of drug-likeness (QED) is 0.302. The van der Waals surface area contributed by atoms with Gasteiger partial charge in [0, 0.05) is 35.1 Å². The molecule has 5 rings (SSSR count). The van der Waals surface area contributed by atoms with Crippen LogP contribution in [0.1, 0.15) is 22.6 Å². The molecule has 0 saturated carbocycles. The van der Waals surface area contributed by atoms with Crippen molar-refractivity contribution in [2.45, 2.75) is 13.0 Å². The van der Waals surface area contributed by atoms with Crippen LogP contribution in [0.25, 0.3) is 22.2 Å². The minimum Gasteiger partial charge on any atom is -0.323 e. The number of hydrogen-bond acceptors (Lipinski definition) is 4. The Morgan fingerprint density at radius 3 is 2.52 bits per heavy atom. The third-order valence-corrected chi connectivity index (χ3v) is 6.09. The van der Waals surface area contributed by atoms with E-state index >= 15 is 0 Å². The second-order valence-corrected chi connectivity index (χ2v) is 8.47. The topological polar surface area (TPSA) is 67.4 Å². The molecule has 0 aliphatic heterocycles. The number of hydrogen-bond donors (Lipinski definition) is 0. The Bertz CT molecular complexity index is 1500. The van der Waals surface area contributed by atoms with Crippen molar-refractivity contribution in [3.8, 4) is 17.2 Å².